The van der Waals surface area contributed by atoms with Gasteiger partial charge in [-0.1, -0.05) is 95.3 Å². The molecule has 0 spiro atoms. The van der Waals surface area contributed by atoms with Crippen LogP contribution in [0.25, 0.3) is 22.3 Å². The fourth-order valence-corrected chi connectivity index (χ4v) is 13.2. The molecule has 0 aliphatic carbocycles. The zero-order valence-corrected chi connectivity index (χ0v) is 53.6. The summed E-state index contributed by atoms with van der Waals surface area (Å²) in [7, 11) is 3.33. The zero-order valence-electron chi connectivity index (χ0n) is 48.8. The largest absolute Gasteiger partial charge is 0.497 e. The highest BCUT2D eigenvalue weighted by molar-refractivity contribution is 9.10. The molecule has 0 atom stereocenters. The molecule has 4 aromatic carbocycles. The van der Waals surface area contributed by atoms with Gasteiger partial charge in [0.05, 0.1) is 68.2 Å². The Labute approximate surface area is 528 Å². The molecular weight excluding hydrogens is 1230 g/mol. The van der Waals surface area contributed by atoms with Crippen LogP contribution in [0.15, 0.2) is 140 Å². The van der Waals surface area contributed by atoms with Crippen LogP contribution in [-0.4, -0.2) is 125 Å². The second-order valence-electron chi connectivity index (χ2n) is 23.0. The molecule has 0 radical (unpaired) electrons. The summed E-state index contributed by atoms with van der Waals surface area (Å²) in [5.74, 6) is 4.32. The van der Waals surface area contributed by atoms with Gasteiger partial charge in [0.25, 0.3) is 0 Å². The summed E-state index contributed by atoms with van der Waals surface area (Å²) in [6, 6.07) is 31.5. The van der Waals surface area contributed by atoms with Crippen LogP contribution < -0.4 is 41.4 Å². The number of nitrogens with zero attached hydrogens (tertiary/aromatic N) is 14. The van der Waals surface area contributed by atoms with Crippen molar-refractivity contribution in [3.8, 4) is 11.5 Å². The Morgan fingerprint density at radius 2 is 0.953 bits per heavy atom. The van der Waals surface area contributed by atoms with Crippen molar-refractivity contribution in [2.24, 2.45) is 22.2 Å². The monoisotopic (exact) mass is 1300 g/mol. The van der Waals surface area contributed by atoms with E-state index in [0.717, 1.165) is 176 Å². The van der Waals surface area contributed by atoms with E-state index in [0.29, 0.717) is 29.3 Å². The van der Waals surface area contributed by atoms with Gasteiger partial charge in [-0.2, -0.15) is 10.2 Å². The quantitative estimate of drug-likeness (QED) is 0.103. The number of anilines is 3. The number of benzene rings is 4. The van der Waals surface area contributed by atoms with Crippen molar-refractivity contribution in [3.05, 3.63) is 153 Å². The second-order valence-corrected chi connectivity index (χ2v) is 26.7. The minimum absolute atomic E-state index is 0.0669. The molecule has 3 fully saturated rings. The van der Waals surface area contributed by atoms with E-state index in [9.17, 15) is 0 Å². The fraction of sp³-hybridized carbons (Fsp3) is 0.371. The van der Waals surface area contributed by atoms with Crippen molar-refractivity contribution in [2.45, 2.75) is 110 Å². The summed E-state index contributed by atoms with van der Waals surface area (Å²) in [5.41, 5.74) is 25.6. The number of rotatable bonds is 12. The third-order valence-electron chi connectivity index (χ3n) is 16.0. The third kappa shape index (κ3) is 14.7. The van der Waals surface area contributed by atoms with Crippen LogP contribution in [0.1, 0.15) is 81.8 Å². The van der Waals surface area contributed by atoms with Crippen LogP contribution in [0.5, 0.6) is 11.5 Å². The van der Waals surface area contributed by atoms with Crippen LogP contribution in [0.2, 0.25) is 10.0 Å². The summed E-state index contributed by atoms with van der Waals surface area (Å²) >= 11 is 19.2. The summed E-state index contributed by atoms with van der Waals surface area (Å²) in [4.78, 5) is 42.0. The second kappa shape index (κ2) is 26.4. The molecule has 19 nitrogen and oxygen atoms in total. The molecule has 0 bridgehead atoms. The number of aromatic nitrogens is 10. The topological polar surface area (TPSA) is 232 Å². The number of aliphatic imine (C=N–C) groups is 1. The number of piperidine rings is 3. The molecule has 24 heteroatoms. The Morgan fingerprint density at radius 3 is 1.43 bits per heavy atom. The van der Waals surface area contributed by atoms with E-state index in [1.807, 2.05) is 125 Å². The maximum atomic E-state index is 6.42. The van der Waals surface area contributed by atoms with Gasteiger partial charge in [0, 0.05) is 65.7 Å². The van der Waals surface area contributed by atoms with Gasteiger partial charge in [-0.15, -0.1) is 0 Å². The number of thioether (sulfide) groups is 1. The predicted molar refractivity (Wildman–Crippen MR) is 350 cm³/mol. The minimum Gasteiger partial charge on any atom is -0.497 e. The van der Waals surface area contributed by atoms with Crippen molar-refractivity contribution in [1.82, 2.24) is 49.5 Å². The van der Waals surface area contributed by atoms with E-state index in [4.69, 9.17) is 74.9 Å². The predicted octanol–water partition coefficient (Wildman–Crippen LogP) is 11.5. The highest BCUT2D eigenvalue weighted by Gasteiger charge is 2.31. The van der Waals surface area contributed by atoms with E-state index in [1.54, 1.807) is 26.0 Å². The van der Waals surface area contributed by atoms with Gasteiger partial charge in [0.1, 0.15) is 50.7 Å². The number of fused-ring (bicyclic) bond motifs is 3. The number of ether oxygens (including phenoxy) is 2. The lowest BCUT2D eigenvalue weighted by Crippen LogP contribution is -2.48. The lowest BCUT2D eigenvalue weighted by Gasteiger charge is -2.37. The molecular formula is C62H70BrCl2N17O2S2. The first-order chi connectivity index (χ1) is 41.4. The Balaban J connectivity index is 0.000000136. The molecule has 4 aliphatic heterocycles. The van der Waals surface area contributed by atoms with Crippen LogP contribution in [0.4, 0.5) is 17.5 Å². The first kappa shape index (κ1) is 61.0. The van der Waals surface area contributed by atoms with Crippen molar-refractivity contribution in [2.75, 3.05) is 68.2 Å². The molecule has 3 saturated heterocycles. The highest BCUT2D eigenvalue weighted by Crippen LogP contribution is 2.38. The molecule has 0 saturated carbocycles. The molecule has 9 heterocycles. The lowest BCUT2D eigenvalue weighted by atomic mass is 9.91. The van der Waals surface area contributed by atoms with Crippen molar-refractivity contribution < 1.29 is 9.47 Å². The third-order valence-corrected chi connectivity index (χ3v) is 19.5. The van der Waals surface area contributed by atoms with Gasteiger partial charge < -0.3 is 41.4 Å². The van der Waals surface area contributed by atoms with Crippen LogP contribution in [0, 0.1) is 0 Å². The van der Waals surface area contributed by atoms with E-state index in [2.05, 4.69) is 71.5 Å². The highest BCUT2D eigenvalue weighted by atomic mass is 79.9. The number of halogens is 3. The van der Waals surface area contributed by atoms with Crippen LogP contribution >= 0.6 is 62.7 Å². The Hall–Kier alpha value is -6.63. The summed E-state index contributed by atoms with van der Waals surface area (Å²) in [5, 5.41) is 12.6. The number of hydrogen-bond donors (Lipinski definition) is 3. The molecule has 6 N–H and O–H groups in total. The van der Waals surface area contributed by atoms with Gasteiger partial charge >= 0.3 is 0 Å². The molecule has 0 amide bonds. The van der Waals surface area contributed by atoms with Crippen LogP contribution in [-0.2, 0) is 19.6 Å². The molecule has 9 aromatic rings. The molecule has 5 aromatic heterocycles. The Kier molecular flexibility index (Phi) is 18.7. The number of nitrogens with two attached hydrogens (primary N) is 3. The maximum absolute atomic E-state index is 6.42. The molecule has 13 rings (SSSR count). The summed E-state index contributed by atoms with van der Waals surface area (Å²) in [6.45, 7) is 13.4. The van der Waals surface area contributed by atoms with E-state index in [-0.39, 0.29) is 16.6 Å². The Morgan fingerprint density at radius 1 is 0.535 bits per heavy atom. The van der Waals surface area contributed by atoms with E-state index < -0.39 is 0 Å². The number of methoxy groups -OCH3 is 2. The standard InChI is InChI=1S/C25H27ClN6OS.C19H23BrN6O.C18H20ClN5S/c1-25(27)11-13-31(14-12-25)21-15-28-22-23(29-21)32(16-17-7-9-18(33-2)10-8-17)30-24(22)34-20-6-4-3-5-19(20)26;1-19(21)7-9-25(10-8-19)15-11-22-16-17(20)24-26(18(16)23-15)12-13-3-5-14(27-2)6-4-13;1-18(20)6-8-24(9-7-18)15-11-21-16-13(23-15)10-22-17(16)25-14-5-3-2-4-12(14)19/h3-10,15H,11-14,16,27H2,1-2H3;3-6,11H,7-10,12,21H2,1-2H3;2-5,11H,6-10,20H2,1H3. The van der Waals surface area contributed by atoms with Gasteiger partial charge in [-0.25, -0.2) is 39.3 Å². The molecule has 0 unspecified atom stereocenters. The van der Waals surface area contributed by atoms with Gasteiger partial charge in [0.15, 0.2) is 20.9 Å². The number of hydrogen-bond acceptors (Lipinski definition) is 19. The SMILES string of the molecule is CC1(N)CCN(c2cnc3c(n2)CN=C3Sc2ccccc2Cl)CC1.COc1ccc(Cn2nc(Br)c3ncc(N4CCC(C)(N)CC4)nc32)cc1.COc1ccc(Cn2nc(Sc3ccccc3Cl)c3ncc(N4CCC(C)(N)CC4)nc32)cc1. The first-order valence-corrected chi connectivity index (χ1v) is 31.8. The minimum atomic E-state index is -0.122. The van der Waals surface area contributed by atoms with Crippen molar-refractivity contribution >= 4 is 107 Å². The van der Waals surface area contributed by atoms with E-state index >= 15 is 0 Å². The Bertz CT molecular complexity index is 3850. The molecule has 4 aliphatic rings. The average molecular weight is 1300 g/mol. The maximum Gasteiger partial charge on any atom is 0.180 e. The molecule has 86 heavy (non-hydrogen) atoms. The van der Waals surface area contributed by atoms with Gasteiger partial charge in [0.2, 0.25) is 0 Å². The summed E-state index contributed by atoms with van der Waals surface area (Å²) < 4.78 is 15.0. The average Bonchev–Trinajstić information content (AvgIpc) is 2.34. The van der Waals surface area contributed by atoms with Gasteiger partial charge in [-0.05, 0) is 135 Å². The summed E-state index contributed by atoms with van der Waals surface area (Å²) in [6.07, 6.45) is 11.2. The van der Waals surface area contributed by atoms with Crippen molar-refractivity contribution in [3.63, 3.8) is 0 Å². The molecule has 448 valence electrons. The first-order valence-electron chi connectivity index (χ1n) is 28.6. The lowest BCUT2D eigenvalue weighted by molar-refractivity contribution is 0.362. The normalized spacial score (nSPS) is 16.9. The smallest absolute Gasteiger partial charge is 0.180 e. The van der Waals surface area contributed by atoms with E-state index in [1.165, 1.54) is 11.8 Å². The van der Waals surface area contributed by atoms with Crippen LogP contribution in [0.3, 0.4) is 0 Å². The van der Waals surface area contributed by atoms with Gasteiger partial charge in [-0.3, -0.25) is 4.99 Å². The van der Waals surface area contributed by atoms with Crippen molar-refractivity contribution in [1.29, 1.82) is 0 Å². The fourth-order valence-electron chi connectivity index (χ4n) is 10.4. The zero-order chi connectivity index (χ0) is 60.2.